The third-order valence-electron chi connectivity index (χ3n) is 3.92. The molecule has 2 aromatic rings. The first-order valence-electron chi connectivity index (χ1n) is 7.52. The van der Waals surface area contributed by atoms with Gasteiger partial charge in [-0.15, -0.1) is 12.4 Å². The molecule has 0 spiro atoms. The van der Waals surface area contributed by atoms with Crippen molar-refractivity contribution in [3.05, 3.63) is 36.2 Å². The molecule has 0 radical (unpaired) electrons. The van der Waals surface area contributed by atoms with E-state index in [1.54, 1.807) is 29.4 Å². The quantitative estimate of drug-likeness (QED) is 0.882. The van der Waals surface area contributed by atoms with Crippen LogP contribution in [0.5, 0.6) is 0 Å². The van der Waals surface area contributed by atoms with Gasteiger partial charge in [0, 0.05) is 30.2 Å². The highest BCUT2D eigenvalue weighted by molar-refractivity contribution is 5.92. The Labute approximate surface area is 141 Å². The fourth-order valence-electron chi connectivity index (χ4n) is 2.68. The maximum Gasteiger partial charge on any atom is 0.270 e. The van der Waals surface area contributed by atoms with Crippen molar-refractivity contribution >= 4 is 18.3 Å². The van der Waals surface area contributed by atoms with Gasteiger partial charge in [0.15, 0.2) is 0 Å². The maximum atomic E-state index is 12.4. The Balaban J connectivity index is 0.00000192. The number of carbonyl (C=O) groups excluding carboxylic acids is 1. The number of amides is 1. The molecule has 0 atom stereocenters. The predicted molar refractivity (Wildman–Crippen MR) is 88.8 cm³/mol. The van der Waals surface area contributed by atoms with Crippen molar-refractivity contribution in [2.75, 3.05) is 0 Å². The summed E-state index contributed by atoms with van der Waals surface area (Å²) in [7, 11) is 0. The van der Waals surface area contributed by atoms with Gasteiger partial charge in [-0.3, -0.25) is 9.36 Å². The van der Waals surface area contributed by atoms with Crippen molar-refractivity contribution in [1.82, 2.24) is 24.8 Å². The van der Waals surface area contributed by atoms with Crippen LogP contribution in [0.1, 0.15) is 41.9 Å². The van der Waals surface area contributed by atoms with Crippen LogP contribution >= 0.6 is 12.4 Å². The Hall–Kier alpha value is -1.99. The van der Waals surface area contributed by atoms with E-state index in [-0.39, 0.29) is 30.4 Å². The lowest BCUT2D eigenvalue weighted by Crippen LogP contribution is -2.40. The van der Waals surface area contributed by atoms with Gasteiger partial charge in [0.25, 0.3) is 5.91 Å². The second kappa shape index (κ2) is 7.52. The van der Waals surface area contributed by atoms with Crippen LogP contribution in [0.2, 0.25) is 0 Å². The number of nitrogens with one attached hydrogen (secondary N) is 1. The van der Waals surface area contributed by atoms with E-state index in [2.05, 4.69) is 20.3 Å². The summed E-state index contributed by atoms with van der Waals surface area (Å²) in [4.78, 5) is 25.0. The first kappa shape index (κ1) is 17.4. The van der Waals surface area contributed by atoms with Crippen LogP contribution in [0.15, 0.2) is 24.8 Å². The molecular formula is C15H21ClN6O. The highest BCUT2D eigenvalue weighted by Crippen LogP contribution is 2.17. The minimum atomic E-state index is -0.160. The zero-order valence-corrected chi connectivity index (χ0v) is 13.8. The highest BCUT2D eigenvalue weighted by Gasteiger charge is 2.21. The molecule has 1 aliphatic carbocycles. The number of rotatable bonds is 3. The maximum absolute atomic E-state index is 12.4. The Morgan fingerprint density at radius 2 is 2.04 bits per heavy atom. The summed E-state index contributed by atoms with van der Waals surface area (Å²) < 4.78 is 1.68. The molecule has 1 amide bonds. The molecular weight excluding hydrogens is 316 g/mol. The monoisotopic (exact) mass is 336 g/mol. The largest absolute Gasteiger partial charge is 0.348 e. The van der Waals surface area contributed by atoms with E-state index in [0.29, 0.717) is 11.6 Å². The van der Waals surface area contributed by atoms with Crippen molar-refractivity contribution < 1.29 is 4.79 Å². The summed E-state index contributed by atoms with van der Waals surface area (Å²) in [6.07, 6.45) is 8.76. The average molecular weight is 337 g/mol. The minimum Gasteiger partial charge on any atom is -0.348 e. The molecule has 3 rings (SSSR count). The third-order valence-corrected chi connectivity index (χ3v) is 3.92. The van der Waals surface area contributed by atoms with Crippen LogP contribution in [0, 0.1) is 6.92 Å². The molecule has 23 heavy (non-hydrogen) atoms. The van der Waals surface area contributed by atoms with E-state index in [0.717, 1.165) is 31.4 Å². The molecule has 3 N–H and O–H groups in total. The first-order chi connectivity index (χ1) is 10.6. The fraction of sp³-hybridized carbons (Fsp3) is 0.467. The molecule has 124 valence electrons. The van der Waals surface area contributed by atoms with Crippen LogP contribution in [-0.4, -0.2) is 37.5 Å². The summed E-state index contributed by atoms with van der Waals surface area (Å²) in [6, 6.07) is 2.14. The van der Waals surface area contributed by atoms with Gasteiger partial charge >= 0.3 is 0 Å². The smallest absolute Gasteiger partial charge is 0.270 e. The molecule has 0 unspecified atom stereocenters. The lowest BCUT2D eigenvalue weighted by atomic mass is 9.92. The second-order valence-corrected chi connectivity index (χ2v) is 5.75. The van der Waals surface area contributed by atoms with E-state index in [1.807, 2.05) is 6.92 Å². The topological polar surface area (TPSA) is 98.7 Å². The summed E-state index contributed by atoms with van der Waals surface area (Å²) in [5.41, 5.74) is 7.02. The molecule has 7 nitrogen and oxygen atoms in total. The van der Waals surface area contributed by atoms with Gasteiger partial charge in [-0.25, -0.2) is 15.0 Å². The Morgan fingerprint density at radius 1 is 1.30 bits per heavy atom. The number of hydrogen-bond acceptors (Lipinski definition) is 5. The van der Waals surface area contributed by atoms with Crippen molar-refractivity contribution in [1.29, 1.82) is 0 Å². The van der Waals surface area contributed by atoms with Crippen molar-refractivity contribution in [2.24, 2.45) is 5.73 Å². The van der Waals surface area contributed by atoms with Crippen LogP contribution in [0.4, 0.5) is 0 Å². The zero-order valence-electron chi connectivity index (χ0n) is 13.0. The Bertz CT molecular complexity index is 652. The number of aryl methyl sites for hydroxylation is 1. The van der Waals surface area contributed by atoms with Crippen LogP contribution in [0.3, 0.4) is 0 Å². The van der Waals surface area contributed by atoms with Gasteiger partial charge in [0.05, 0.1) is 0 Å². The van der Waals surface area contributed by atoms with E-state index >= 15 is 0 Å². The summed E-state index contributed by atoms with van der Waals surface area (Å²) in [6.45, 7) is 1.85. The van der Waals surface area contributed by atoms with Crippen molar-refractivity contribution in [3.8, 4) is 5.95 Å². The van der Waals surface area contributed by atoms with Gasteiger partial charge < -0.3 is 11.1 Å². The second-order valence-electron chi connectivity index (χ2n) is 5.75. The molecule has 2 aromatic heterocycles. The van der Waals surface area contributed by atoms with E-state index in [9.17, 15) is 4.79 Å². The van der Waals surface area contributed by atoms with E-state index < -0.39 is 0 Å². The molecule has 8 heteroatoms. The van der Waals surface area contributed by atoms with Crippen molar-refractivity contribution in [3.63, 3.8) is 0 Å². The standard InChI is InChI=1S/C15H20N6O.ClH/c1-10-8-13(20-15(18-10)21-7-6-17-9-21)14(22)19-12-4-2-11(16)3-5-12;/h6-9,11-12H,2-5,16H2,1H3,(H,19,22);1H. The highest BCUT2D eigenvalue weighted by atomic mass is 35.5. The number of carbonyl (C=O) groups is 1. The van der Waals surface area contributed by atoms with Crippen LogP contribution in [0.25, 0.3) is 5.95 Å². The third kappa shape index (κ3) is 4.27. The van der Waals surface area contributed by atoms with Gasteiger partial charge in [-0.1, -0.05) is 0 Å². The molecule has 1 saturated carbocycles. The molecule has 2 heterocycles. The fourth-order valence-corrected chi connectivity index (χ4v) is 2.68. The Kier molecular flexibility index (Phi) is 5.68. The number of nitrogens with two attached hydrogens (primary N) is 1. The van der Waals surface area contributed by atoms with Crippen LogP contribution < -0.4 is 11.1 Å². The summed E-state index contributed by atoms with van der Waals surface area (Å²) >= 11 is 0. The van der Waals surface area contributed by atoms with Crippen LogP contribution in [-0.2, 0) is 0 Å². The summed E-state index contributed by atoms with van der Waals surface area (Å²) in [5.74, 6) is 0.292. The minimum absolute atomic E-state index is 0. The van der Waals surface area contributed by atoms with Gasteiger partial charge in [-0.05, 0) is 38.7 Å². The van der Waals surface area contributed by atoms with Crippen molar-refractivity contribution in [2.45, 2.75) is 44.7 Å². The number of imidazole rings is 1. The summed E-state index contributed by atoms with van der Waals surface area (Å²) in [5, 5.41) is 3.05. The molecule has 1 fully saturated rings. The normalized spacial score (nSPS) is 20.6. The SMILES string of the molecule is Cc1cc(C(=O)NC2CCC(N)CC2)nc(-n2ccnc2)n1.Cl. The molecule has 0 saturated heterocycles. The van der Waals surface area contributed by atoms with Gasteiger partial charge in [0.2, 0.25) is 5.95 Å². The lowest BCUT2D eigenvalue weighted by molar-refractivity contribution is 0.0920. The lowest BCUT2D eigenvalue weighted by Gasteiger charge is -2.26. The van der Waals surface area contributed by atoms with Gasteiger partial charge in [0.1, 0.15) is 12.0 Å². The predicted octanol–water partition coefficient (Wildman–Crippen LogP) is 1.39. The Morgan fingerprint density at radius 3 is 2.70 bits per heavy atom. The van der Waals surface area contributed by atoms with E-state index in [4.69, 9.17) is 5.73 Å². The first-order valence-corrected chi connectivity index (χ1v) is 7.52. The average Bonchev–Trinajstić information content (AvgIpc) is 3.03. The van der Waals surface area contributed by atoms with Gasteiger partial charge in [-0.2, -0.15) is 0 Å². The zero-order chi connectivity index (χ0) is 15.5. The molecule has 0 bridgehead atoms. The molecule has 1 aliphatic rings. The number of aromatic nitrogens is 4. The number of hydrogen-bond donors (Lipinski definition) is 2. The molecule has 0 aromatic carbocycles. The molecule has 0 aliphatic heterocycles. The van der Waals surface area contributed by atoms with E-state index in [1.165, 1.54) is 0 Å². The number of halogens is 1. The number of nitrogens with zero attached hydrogens (tertiary/aromatic N) is 4.